The van der Waals surface area contributed by atoms with E-state index in [2.05, 4.69) is 10.6 Å². The molecule has 0 radical (unpaired) electrons. The van der Waals surface area contributed by atoms with Crippen LogP contribution in [0.4, 0.5) is 11.4 Å². The smallest absolute Gasteiger partial charge is 0.224 e. The van der Waals surface area contributed by atoms with Crippen LogP contribution in [0.1, 0.15) is 26.7 Å². The second kappa shape index (κ2) is 13.0. The van der Waals surface area contributed by atoms with E-state index in [1.165, 1.54) is 0 Å². The van der Waals surface area contributed by atoms with Crippen LogP contribution in [-0.4, -0.2) is 11.8 Å². The van der Waals surface area contributed by atoms with Gasteiger partial charge in [0.25, 0.3) is 0 Å². The van der Waals surface area contributed by atoms with Gasteiger partial charge in [0.2, 0.25) is 11.8 Å². The van der Waals surface area contributed by atoms with Gasteiger partial charge >= 0.3 is 0 Å². The molecule has 0 aliphatic carbocycles. The Hall–Kier alpha value is -3.68. The Bertz CT molecular complexity index is 1220. The fourth-order valence-corrected chi connectivity index (χ4v) is 4.90. The first kappa shape index (κ1) is 26.4. The molecule has 0 aliphatic rings. The fourth-order valence-electron chi connectivity index (χ4n) is 3.27. The number of benzene rings is 4. The van der Waals surface area contributed by atoms with Gasteiger partial charge in [-0.1, -0.05) is 37.4 Å². The number of hydrogen-bond donors (Lipinski definition) is 2. The zero-order chi connectivity index (χ0) is 26.0. The number of hydrogen-bond acceptors (Lipinski definition) is 5. The number of ether oxygens (including phenoxy) is 1. The average molecular weight is 529 g/mol. The third-order valence-corrected chi connectivity index (χ3v) is 7.30. The van der Waals surface area contributed by atoms with E-state index in [4.69, 9.17) is 4.74 Å². The Morgan fingerprint density at radius 2 is 0.838 bits per heavy atom. The molecule has 0 spiro atoms. The van der Waals surface area contributed by atoms with Crippen molar-refractivity contribution in [1.82, 2.24) is 0 Å². The summed E-state index contributed by atoms with van der Waals surface area (Å²) < 4.78 is 6.02. The Morgan fingerprint density at radius 1 is 0.541 bits per heavy atom. The SMILES string of the molecule is CCC(=O)Nc1ccc(Sc2ccc(Oc3ccc(Sc4ccc(NC(=O)CC)cc4)cc3)cc2)cc1. The molecular formula is C30H28N2O3S2. The van der Waals surface area contributed by atoms with E-state index in [0.29, 0.717) is 12.8 Å². The van der Waals surface area contributed by atoms with Crippen LogP contribution < -0.4 is 15.4 Å². The van der Waals surface area contributed by atoms with E-state index in [1.54, 1.807) is 23.5 Å². The summed E-state index contributed by atoms with van der Waals surface area (Å²) in [6.45, 7) is 3.67. The van der Waals surface area contributed by atoms with Crippen molar-refractivity contribution in [3.05, 3.63) is 97.1 Å². The lowest BCUT2D eigenvalue weighted by atomic mass is 10.3. The minimum atomic E-state index is 0.00859. The summed E-state index contributed by atoms with van der Waals surface area (Å²) >= 11 is 3.30. The molecule has 0 saturated carbocycles. The van der Waals surface area contributed by atoms with Gasteiger partial charge in [-0.05, 0) is 97.1 Å². The molecule has 0 unspecified atom stereocenters. The quantitative estimate of drug-likeness (QED) is 0.216. The third-order valence-electron chi connectivity index (χ3n) is 5.27. The maximum Gasteiger partial charge on any atom is 0.224 e. The van der Waals surface area contributed by atoms with Gasteiger partial charge in [0.05, 0.1) is 0 Å². The lowest BCUT2D eigenvalue weighted by molar-refractivity contribution is -0.116. The minimum Gasteiger partial charge on any atom is -0.457 e. The fraction of sp³-hybridized carbons (Fsp3) is 0.133. The van der Waals surface area contributed by atoms with E-state index in [9.17, 15) is 9.59 Å². The van der Waals surface area contributed by atoms with Crippen molar-refractivity contribution in [3.63, 3.8) is 0 Å². The Labute approximate surface area is 226 Å². The highest BCUT2D eigenvalue weighted by atomic mass is 32.2. The normalized spacial score (nSPS) is 10.5. The van der Waals surface area contributed by atoms with Gasteiger partial charge in [-0.2, -0.15) is 0 Å². The molecule has 4 rings (SSSR count). The Kier molecular flexibility index (Phi) is 9.29. The molecule has 4 aromatic carbocycles. The maximum absolute atomic E-state index is 11.5. The van der Waals surface area contributed by atoms with E-state index in [1.807, 2.05) is 111 Å². The van der Waals surface area contributed by atoms with E-state index < -0.39 is 0 Å². The number of rotatable bonds is 10. The van der Waals surface area contributed by atoms with Gasteiger partial charge in [0.1, 0.15) is 11.5 Å². The summed E-state index contributed by atoms with van der Waals surface area (Å²) in [6, 6.07) is 31.6. The highest BCUT2D eigenvalue weighted by Crippen LogP contribution is 2.33. The van der Waals surface area contributed by atoms with Crippen LogP contribution in [-0.2, 0) is 9.59 Å². The standard InChI is InChI=1S/C30H28N2O3S2/c1-3-29(33)31-21-5-13-25(14-6-21)36-27-17-9-23(10-18-27)35-24-11-19-28(20-12-24)37-26-15-7-22(8-16-26)32-30(34)4-2/h5-20H,3-4H2,1-2H3,(H,31,33)(H,32,34). The largest absolute Gasteiger partial charge is 0.457 e. The first-order valence-electron chi connectivity index (χ1n) is 12.0. The van der Waals surface area contributed by atoms with Crippen LogP contribution in [0.2, 0.25) is 0 Å². The molecule has 0 bridgehead atoms. The predicted molar refractivity (Wildman–Crippen MR) is 152 cm³/mol. The number of carbonyl (C=O) groups excluding carboxylic acids is 2. The van der Waals surface area contributed by atoms with Crippen molar-refractivity contribution < 1.29 is 14.3 Å². The molecular weight excluding hydrogens is 500 g/mol. The molecule has 37 heavy (non-hydrogen) atoms. The van der Waals surface area contributed by atoms with Crippen LogP contribution >= 0.6 is 23.5 Å². The Balaban J connectivity index is 1.29. The molecule has 7 heteroatoms. The maximum atomic E-state index is 11.5. The van der Waals surface area contributed by atoms with Gasteiger partial charge in [-0.25, -0.2) is 0 Å². The lowest BCUT2D eigenvalue weighted by Gasteiger charge is -2.09. The second-order valence-corrected chi connectivity index (χ2v) is 10.4. The zero-order valence-corrected chi connectivity index (χ0v) is 22.3. The van der Waals surface area contributed by atoms with Gasteiger partial charge in [0, 0.05) is 43.8 Å². The lowest BCUT2D eigenvalue weighted by Crippen LogP contribution is -2.08. The van der Waals surface area contributed by atoms with Crippen molar-refractivity contribution in [1.29, 1.82) is 0 Å². The van der Waals surface area contributed by atoms with E-state index >= 15 is 0 Å². The number of anilines is 2. The summed E-state index contributed by atoms with van der Waals surface area (Å²) in [5.74, 6) is 1.56. The van der Waals surface area contributed by atoms with Crippen molar-refractivity contribution in [2.75, 3.05) is 10.6 Å². The van der Waals surface area contributed by atoms with Crippen molar-refractivity contribution in [2.45, 2.75) is 46.3 Å². The average Bonchev–Trinajstić information content (AvgIpc) is 2.93. The summed E-state index contributed by atoms with van der Waals surface area (Å²) in [6.07, 6.45) is 0.926. The molecule has 4 aromatic rings. The van der Waals surface area contributed by atoms with Crippen LogP contribution in [0.5, 0.6) is 11.5 Å². The zero-order valence-electron chi connectivity index (χ0n) is 20.7. The van der Waals surface area contributed by atoms with E-state index in [0.717, 1.165) is 42.5 Å². The number of carbonyl (C=O) groups is 2. The van der Waals surface area contributed by atoms with Crippen LogP contribution in [0, 0.1) is 0 Å². The molecule has 0 atom stereocenters. The van der Waals surface area contributed by atoms with Crippen LogP contribution in [0.25, 0.3) is 0 Å². The summed E-state index contributed by atoms with van der Waals surface area (Å²) in [4.78, 5) is 27.4. The number of amides is 2. The van der Waals surface area contributed by atoms with Crippen LogP contribution in [0.15, 0.2) is 117 Å². The van der Waals surface area contributed by atoms with Crippen LogP contribution in [0.3, 0.4) is 0 Å². The Morgan fingerprint density at radius 3 is 1.14 bits per heavy atom. The molecule has 0 fully saturated rings. The van der Waals surface area contributed by atoms with Crippen molar-refractivity contribution in [2.24, 2.45) is 0 Å². The summed E-state index contributed by atoms with van der Waals surface area (Å²) in [5, 5.41) is 5.72. The predicted octanol–water partition coefficient (Wildman–Crippen LogP) is 8.48. The second-order valence-electron chi connectivity index (χ2n) is 8.10. The van der Waals surface area contributed by atoms with Gasteiger partial charge in [-0.15, -0.1) is 0 Å². The molecule has 0 saturated heterocycles. The molecule has 5 nitrogen and oxygen atoms in total. The first-order valence-corrected chi connectivity index (χ1v) is 13.7. The monoisotopic (exact) mass is 528 g/mol. The van der Waals surface area contributed by atoms with E-state index in [-0.39, 0.29) is 11.8 Å². The summed E-state index contributed by atoms with van der Waals surface area (Å²) in [7, 11) is 0. The number of nitrogens with one attached hydrogen (secondary N) is 2. The highest BCUT2D eigenvalue weighted by Gasteiger charge is 2.04. The first-order chi connectivity index (χ1) is 18.0. The topological polar surface area (TPSA) is 67.4 Å². The molecule has 188 valence electrons. The molecule has 0 aliphatic heterocycles. The third kappa shape index (κ3) is 8.17. The molecule has 0 heterocycles. The van der Waals surface area contributed by atoms with Gasteiger partial charge in [0.15, 0.2) is 0 Å². The molecule has 2 N–H and O–H groups in total. The molecule has 2 amide bonds. The molecule has 0 aromatic heterocycles. The summed E-state index contributed by atoms with van der Waals surface area (Å²) in [5.41, 5.74) is 1.61. The van der Waals surface area contributed by atoms with Gasteiger partial charge in [-0.3, -0.25) is 9.59 Å². The highest BCUT2D eigenvalue weighted by molar-refractivity contribution is 7.99. The van der Waals surface area contributed by atoms with Crippen molar-refractivity contribution in [3.8, 4) is 11.5 Å². The van der Waals surface area contributed by atoms with Gasteiger partial charge < -0.3 is 15.4 Å². The van der Waals surface area contributed by atoms with Crippen molar-refractivity contribution >= 4 is 46.7 Å². The minimum absolute atomic E-state index is 0.00859.